The SMILES string of the molecule is F.F.F.F.F.F.F.F.F.F.F.S.S. The molecule has 0 heterocycles. The summed E-state index contributed by atoms with van der Waals surface area (Å²) in [5, 5.41) is 0. The summed E-state index contributed by atoms with van der Waals surface area (Å²) in [4.78, 5) is 0. The van der Waals surface area contributed by atoms with Crippen LogP contribution in [0.25, 0.3) is 0 Å². The summed E-state index contributed by atoms with van der Waals surface area (Å²) < 4.78 is 0. The van der Waals surface area contributed by atoms with Gasteiger partial charge in [-0.3, -0.25) is 51.7 Å². The molecule has 0 aromatic carbocycles. The van der Waals surface area contributed by atoms with Crippen LogP contribution >= 0.6 is 27.0 Å². The molecule has 104 valence electrons. The van der Waals surface area contributed by atoms with Crippen LogP contribution < -0.4 is 0 Å². The summed E-state index contributed by atoms with van der Waals surface area (Å²) in [6.07, 6.45) is 0. The summed E-state index contributed by atoms with van der Waals surface area (Å²) in [7, 11) is 0. The van der Waals surface area contributed by atoms with Crippen LogP contribution in [-0.4, -0.2) is 0 Å². The Balaban J connectivity index is 0. The topological polar surface area (TPSA) is 0 Å². The van der Waals surface area contributed by atoms with Gasteiger partial charge in [0.1, 0.15) is 0 Å². The largest absolute Gasteiger partial charge is 0.269 e. The van der Waals surface area contributed by atoms with E-state index >= 15 is 0 Å². The van der Waals surface area contributed by atoms with Crippen molar-refractivity contribution < 1.29 is 51.7 Å². The van der Waals surface area contributed by atoms with Crippen molar-refractivity contribution in [3.05, 3.63) is 0 Å². The molecular formula is H15F11S2. The lowest BCUT2D eigenvalue weighted by molar-refractivity contribution is 1.11. The van der Waals surface area contributed by atoms with Crippen LogP contribution in [0.2, 0.25) is 0 Å². The van der Waals surface area contributed by atoms with Crippen LogP contribution in [0.15, 0.2) is 0 Å². The van der Waals surface area contributed by atoms with E-state index in [4.69, 9.17) is 0 Å². The second-order valence-electron chi connectivity index (χ2n) is 0. The highest BCUT2D eigenvalue weighted by Crippen LogP contribution is 0.649. The second-order valence-corrected chi connectivity index (χ2v) is 0. The van der Waals surface area contributed by atoms with Gasteiger partial charge in [-0.15, -0.1) is 0 Å². The quantitative estimate of drug-likeness (QED) is 0.597. The molecule has 0 atom stereocenters. The molecule has 0 radical (unpaired) electrons. The Morgan fingerprint density at radius 2 is 0.154 bits per heavy atom. The minimum Gasteiger partial charge on any atom is -0.269 e. The molecule has 13 heavy (non-hydrogen) atoms. The Labute approximate surface area is 79.8 Å². The van der Waals surface area contributed by atoms with Crippen molar-refractivity contribution in [1.29, 1.82) is 0 Å². The lowest BCUT2D eigenvalue weighted by Crippen LogP contribution is 0.419. The van der Waals surface area contributed by atoms with Gasteiger partial charge in [0.15, 0.2) is 0 Å². The van der Waals surface area contributed by atoms with E-state index in [1.165, 1.54) is 0 Å². The molecule has 0 aliphatic rings. The molecule has 0 spiro atoms. The number of hydrogen-bond acceptors (Lipinski definition) is 0. The Hall–Kier alpha value is -0.0700. The van der Waals surface area contributed by atoms with Crippen LogP contribution in [0.1, 0.15) is 0 Å². The molecule has 0 saturated carbocycles. The van der Waals surface area contributed by atoms with E-state index in [0.29, 0.717) is 0 Å². The molecule has 0 aliphatic carbocycles. The first-order valence-electron chi connectivity index (χ1n) is 0. The Morgan fingerprint density at radius 1 is 0.154 bits per heavy atom. The minimum atomic E-state index is 0. The molecule has 0 amide bonds. The standard InChI is InChI=1S/11FH.2H2S/h11*1H;2*1H2. The minimum absolute atomic E-state index is 0. The van der Waals surface area contributed by atoms with Crippen molar-refractivity contribution in [1.82, 2.24) is 0 Å². The summed E-state index contributed by atoms with van der Waals surface area (Å²) in [5.41, 5.74) is 0. The van der Waals surface area contributed by atoms with Gasteiger partial charge in [-0.1, -0.05) is 0 Å². The van der Waals surface area contributed by atoms with Gasteiger partial charge in [0, 0.05) is 0 Å². The van der Waals surface area contributed by atoms with Crippen molar-refractivity contribution >= 4 is 27.0 Å². The molecule has 0 aromatic heterocycles. The van der Waals surface area contributed by atoms with Crippen molar-refractivity contribution in [2.45, 2.75) is 0 Å². The molecule has 0 nitrogen and oxygen atoms in total. The predicted molar refractivity (Wildman–Crippen MR) is 48.3 cm³/mol. The first-order valence-corrected chi connectivity index (χ1v) is 0. The van der Waals surface area contributed by atoms with Gasteiger partial charge in [0.2, 0.25) is 0 Å². The molecule has 0 aliphatic heterocycles. The van der Waals surface area contributed by atoms with Crippen LogP contribution in [-0.2, 0) is 0 Å². The van der Waals surface area contributed by atoms with Gasteiger partial charge in [0.25, 0.3) is 0 Å². The zero-order valence-electron chi connectivity index (χ0n) is 5.49. The highest BCUT2D eigenvalue weighted by molar-refractivity contribution is 7.59. The fourth-order valence-corrected chi connectivity index (χ4v) is 0. The Bertz CT molecular complexity index is 8.05. The van der Waals surface area contributed by atoms with Crippen molar-refractivity contribution in [2.24, 2.45) is 0 Å². The Kier molecular flexibility index (Phi) is 8400000000. The molecule has 0 saturated heterocycles. The zero-order chi connectivity index (χ0) is 0. The molecule has 0 rings (SSSR count). The first kappa shape index (κ1) is 376000. The van der Waals surface area contributed by atoms with Gasteiger partial charge in [-0.2, -0.15) is 27.0 Å². The number of rotatable bonds is 0. The Morgan fingerprint density at radius 3 is 0.154 bits per heavy atom. The van der Waals surface area contributed by atoms with E-state index in [1.54, 1.807) is 0 Å². The summed E-state index contributed by atoms with van der Waals surface area (Å²) in [6.45, 7) is 0. The smallest absolute Gasteiger partial charge is 0.197 e. The lowest BCUT2D eigenvalue weighted by Gasteiger charge is -0.270. The maximum atomic E-state index is 0. The number of halogens is 11. The fourth-order valence-electron chi connectivity index (χ4n) is 0. The van der Waals surface area contributed by atoms with Gasteiger partial charge < -0.3 is 0 Å². The molecular weight excluding hydrogens is 273 g/mol. The number of hydrogen-bond donors (Lipinski definition) is 0. The van der Waals surface area contributed by atoms with Gasteiger partial charge in [-0.05, 0) is 0 Å². The average Bonchev–Trinajstić information content (AvgIpc) is 0. The predicted octanol–water partition coefficient (Wildman–Crippen LogP) is 1.90. The molecule has 0 N–H and O–H groups in total. The maximum Gasteiger partial charge on any atom is -0.197 e. The fraction of sp³-hybridized carbons (Fsp3) is 0. The summed E-state index contributed by atoms with van der Waals surface area (Å²) in [5.74, 6) is 0. The van der Waals surface area contributed by atoms with Crippen LogP contribution in [0.5, 0.6) is 0 Å². The molecule has 0 aromatic rings. The first-order chi connectivity index (χ1) is 0. The third-order valence-electron chi connectivity index (χ3n) is 0. The zero-order valence-corrected chi connectivity index (χ0v) is 7.49. The lowest BCUT2D eigenvalue weighted by atomic mass is 19.0. The van der Waals surface area contributed by atoms with Crippen LogP contribution in [0, 0.1) is 0 Å². The van der Waals surface area contributed by atoms with Crippen LogP contribution in [0.3, 0.4) is 0 Å². The second kappa shape index (κ2) is 291000. The average molecular weight is 288 g/mol. The van der Waals surface area contributed by atoms with Gasteiger partial charge in [0.05, 0.1) is 0 Å². The molecule has 13 heteroatoms. The molecule has 0 bridgehead atoms. The van der Waals surface area contributed by atoms with E-state index < -0.39 is 0 Å². The highest BCUT2D eigenvalue weighted by Gasteiger charge is -0.196. The third kappa shape index (κ3) is 240000. The third-order valence-corrected chi connectivity index (χ3v) is 0. The van der Waals surface area contributed by atoms with Crippen molar-refractivity contribution in [2.75, 3.05) is 0 Å². The van der Waals surface area contributed by atoms with E-state index in [0.717, 1.165) is 0 Å². The summed E-state index contributed by atoms with van der Waals surface area (Å²) >= 11 is 0. The normalized spacial score (nSPS) is 0. The van der Waals surface area contributed by atoms with Crippen molar-refractivity contribution in [3.63, 3.8) is 0 Å². The van der Waals surface area contributed by atoms with E-state index in [2.05, 4.69) is 0 Å². The van der Waals surface area contributed by atoms with Crippen LogP contribution in [0.4, 0.5) is 51.7 Å². The maximum absolute atomic E-state index is 0. The summed E-state index contributed by atoms with van der Waals surface area (Å²) in [6, 6.07) is 0. The van der Waals surface area contributed by atoms with E-state index in [1.807, 2.05) is 0 Å². The highest BCUT2D eigenvalue weighted by atomic mass is 32.1. The molecule has 0 unspecified atom stereocenters. The van der Waals surface area contributed by atoms with Crippen molar-refractivity contribution in [3.8, 4) is 0 Å². The molecule has 0 fully saturated rings. The van der Waals surface area contributed by atoms with Gasteiger partial charge >= 0.3 is 0 Å². The monoisotopic (exact) mass is 288 g/mol. The van der Waals surface area contributed by atoms with Gasteiger partial charge in [-0.25, -0.2) is 0 Å². The van der Waals surface area contributed by atoms with E-state index in [-0.39, 0.29) is 78.7 Å². The van der Waals surface area contributed by atoms with E-state index in [9.17, 15) is 0 Å².